The van der Waals surface area contributed by atoms with Gasteiger partial charge in [0.1, 0.15) is 0 Å². The Kier molecular flexibility index (Phi) is 7.71. The predicted octanol–water partition coefficient (Wildman–Crippen LogP) is 3.37. The van der Waals surface area contributed by atoms with E-state index in [0.29, 0.717) is 41.0 Å². The van der Waals surface area contributed by atoms with E-state index in [-0.39, 0.29) is 10.7 Å². The molecule has 178 valence electrons. The van der Waals surface area contributed by atoms with Gasteiger partial charge in [0.2, 0.25) is 10.0 Å². The zero-order valence-corrected chi connectivity index (χ0v) is 19.3. The first-order valence-electron chi connectivity index (χ1n) is 10.4. The van der Waals surface area contributed by atoms with Crippen LogP contribution >= 0.6 is 0 Å². The van der Waals surface area contributed by atoms with Crippen LogP contribution in [0.2, 0.25) is 0 Å². The Morgan fingerprint density at radius 3 is 2.38 bits per heavy atom. The average molecular weight is 483 g/mol. The number of oxime groups is 1. The third-order valence-corrected chi connectivity index (χ3v) is 5.83. The number of primary sulfonamides is 1. The molecule has 0 saturated carbocycles. The average Bonchev–Trinajstić information content (AvgIpc) is 2.83. The van der Waals surface area contributed by atoms with Crippen LogP contribution in [0.4, 0.5) is 16.2 Å². The fourth-order valence-corrected chi connectivity index (χ4v) is 4.03. The van der Waals surface area contributed by atoms with Gasteiger partial charge >= 0.3 is 6.03 Å². The summed E-state index contributed by atoms with van der Waals surface area (Å²) in [7, 11) is -3.88. The lowest BCUT2D eigenvalue weighted by molar-refractivity contribution is 0.222. The minimum Gasteiger partial charge on any atom is -0.409 e. The first-order chi connectivity index (χ1) is 16.2. The molecule has 10 nitrogen and oxygen atoms in total. The van der Waals surface area contributed by atoms with E-state index < -0.39 is 16.1 Å². The van der Waals surface area contributed by atoms with E-state index in [1.165, 1.54) is 11.1 Å². The highest BCUT2D eigenvalue weighted by molar-refractivity contribution is 7.89. The molecule has 0 aliphatic heterocycles. The van der Waals surface area contributed by atoms with Crippen LogP contribution in [0.1, 0.15) is 18.9 Å². The van der Waals surface area contributed by atoms with Crippen molar-refractivity contribution in [2.75, 3.05) is 17.3 Å². The van der Waals surface area contributed by atoms with E-state index in [0.717, 1.165) is 0 Å². The van der Waals surface area contributed by atoms with Crippen molar-refractivity contribution in [3.63, 3.8) is 0 Å². The monoisotopic (exact) mass is 482 g/mol. The Labute approximate surface area is 197 Å². The molecule has 0 aliphatic carbocycles. The molecule has 0 aromatic heterocycles. The number of sulfonamides is 1. The summed E-state index contributed by atoms with van der Waals surface area (Å²) in [5.41, 5.74) is 11.4. The smallest absolute Gasteiger partial charge is 0.340 e. The number of nitrogens with two attached hydrogens (primary N) is 2. The minimum absolute atomic E-state index is 0.0271. The van der Waals surface area contributed by atoms with E-state index in [4.69, 9.17) is 16.1 Å². The first-order valence-corrected chi connectivity index (χ1v) is 11.9. The molecule has 34 heavy (non-hydrogen) atoms. The molecule has 0 atom stereocenters. The molecular weight excluding hydrogens is 456 g/mol. The largest absolute Gasteiger partial charge is 0.409 e. The van der Waals surface area contributed by atoms with Crippen molar-refractivity contribution in [2.45, 2.75) is 18.2 Å². The zero-order valence-electron chi connectivity index (χ0n) is 18.5. The SMILES string of the molecule is CCCN(Nc1cccc(C(N)=NO)c1)C(=O)Nc1ccc(-c2ccccc2S(N)(=O)=O)cc1. The third kappa shape index (κ3) is 6.03. The summed E-state index contributed by atoms with van der Waals surface area (Å²) in [4.78, 5) is 12.9. The van der Waals surface area contributed by atoms with E-state index in [1.807, 2.05) is 6.92 Å². The number of amidine groups is 1. The molecular formula is C23H26N6O4S. The fourth-order valence-electron chi connectivity index (χ4n) is 3.27. The highest BCUT2D eigenvalue weighted by Gasteiger charge is 2.16. The number of carbonyl (C=O) groups is 1. The summed E-state index contributed by atoms with van der Waals surface area (Å²) in [6.07, 6.45) is 0.698. The zero-order chi connectivity index (χ0) is 24.7. The highest BCUT2D eigenvalue weighted by atomic mass is 32.2. The van der Waals surface area contributed by atoms with Gasteiger partial charge in [-0.2, -0.15) is 0 Å². The van der Waals surface area contributed by atoms with Crippen LogP contribution in [0.15, 0.2) is 82.8 Å². The van der Waals surface area contributed by atoms with Crippen LogP contribution in [-0.4, -0.2) is 37.0 Å². The highest BCUT2D eigenvalue weighted by Crippen LogP contribution is 2.27. The predicted molar refractivity (Wildman–Crippen MR) is 132 cm³/mol. The van der Waals surface area contributed by atoms with Gasteiger partial charge in [-0.25, -0.2) is 23.4 Å². The van der Waals surface area contributed by atoms with Crippen molar-refractivity contribution < 1.29 is 18.4 Å². The maximum atomic E-state index is 12.9. The van der Waals surface area contributed by atoms with Gasteiger partial charge in [0.15, 0.2) is 5.84 Å². The van der Waals surface area contributed by atoms with E-state index >= 15 is 0 Å². The van der Waals surface area contributed by atoms with Crippen molar-refractivity contribution >= 4 is 33.3 Å². The van der Waals surface area contributed by atoms with Crippen LogP contribution in [0.3, 0.4) is 0 Å². The maximum Gasteiger partial charge on any atom is 0.340 e. The number of rotatable bonds is 8. The number of hydrogen-bond acceptors (Lipinski definition) is 6. The van der Waals surface area contributed by atoms with Crippen molar-refractivity contribution in [1.29, 1.82) is 0 Å². The normalized spacial score (nSPS) is 11.6. The molecule has 2 amide bonds. The Balaban J connectivity index is 1.76. The van der Waals surface area contributed by atoms with E-state index in [9.17, 15) is 13.2 Å². The molecule has 0 aliphatic rings. The topological polar surface area (TPSA) is 163 Å². The number of hydrazine groups is 1. The van der Waals surface area contributed by atoms with Crippen LogP contribution < -0.4 is 21.6 Å². The molecule has 0 radical (unpaired) electrons. The van der Waals surface area contributed by atoms with Gasteiger partial charge < -0.3 is 16.3 Å². The second kappa shape index (κ2) is 10.7. The third-order valence-electron chi connectivity index (χ3n) is 4.86. The Morgan fingerprint density at radius 2 is 1.74 bits per heavy atom. The molecule has 0 spiro atoms. The van der Waals surface area contributed by atoms with Gasteiger partial charge in [-0.05, 0) is 42.3 Å². The number of anilines is 2. The number of benzene rings is 3. The molecule has 7 N–H and O–H groups in total. The second-order valence-electron chi connectivity index (χ2n) is 7.38. The van der Waals surface area contributed by atoms with Gasteiger partial charge in [0.05, 0.1) is 10.6 Å². The number of nitrogens with one attached hydrogen (secondary N) is 2. The number of carbonyl (C=O) groups excluding carboxylic acids is 1. The second-order valence-corrected chi connectivity index (χ2v) is 8.91. The van der Waals surface area contributed by atoms with Crippen molar-refractivity contribution in [2.24, 2.45) is 16.0 Å². The summed E-state index contributed by atoms with van der Waals surface area (Å²) < 4.78 is 23.8. The van der Waals surface area contributed by atoms with Crippen molar-refractivity contribution in [3.8, 4) is 11.1 Å². The molecule has 0 fully saturated rings. The summed E-state index contributed by atoms with van der Waals surface area (Å²) in [6, 6.07) is 19.6. The van der Waals surface area contributed by atoms with E-state index in [1.54, 1.807) is 66.7 Å². The molecule has 11 heteroatoms. The fraction of sp³-hybridized carbons (Fsp3) is 0.130. The van der Waals surface area contributed by atoms with Gasteiger partial charge in [-0.15, -0.1) is 0 Å². The quantitative estimate of drug-likeness (QED) is 0.143. The van der Waals surface area contributed by atoms with Gasteiger partial charge in [0, 0.05) is 23.4 Å². The molecule has 0 unspecified atom stereocenters. The van der Waals surface area contributed by atoms with Gasteiger partial charge in [-0.1, -0.05) is 54.5 Å². The summed E-state index contributed by atoms with van der Waals surface area (Å²) in [6.45, 7) is 2.35. The molecule has 3 aromatic rings. The van der Waals surface area contributed by atoms with Crippen LogP contribution in [0.5, 0.6) is 0 Å². The van der Waals surface area contributed by atoms with Crippen molar-refractivity contribution in [1.82, 2.24) is 5.01 Å². The first kappa shape index (κ1) is 24.6. The number of hydrogen-bond donors (Lipinski definition) is 5. The van der Waals surface area contributed by atoms with E-state index in [2.05, 4.69) is 15.9 Å². The molecule has 3 rings (SSSR count). The Morgan fingerprint density at radius 1 is 1.03 bits per heavy atom. The number of urea groups is 1. The lowest BCUT2D eigenvalue weighted by atomic mass is 10.1. The van der Waals surface area contributed by atoms with Crippen LogP contribution in [-0.2, 0) is 10.0 Å². The summed E-state index contributed by atoms with van der Waals surface area (Å²) in [5.74, 6) is -0.0424. The standard InChI is InChI=1S/C23H26N6O4S/c1-2-14-29(27-19-7-5-6-17(15-19)22(24)28-31)23(30)26-18-12-10-16(11-13-18)20-8-3-4-9-21(20)34(25,32)33/h3-13,15,27,31H,2,14H2,1H3,(H2,24,28)(H,26,30)(H2,25,32,33). The Bertz CT molecular complexity index is 1290. The Hall–Kier alpha value is -4.09. The van der Waals surface area contributed by atoms with Gasteiger partial charge in [0.25, 0.3) is 0 Å². The maximum absolute atomic E-state index is 12.9. The molecule has 0 bridgehead atoms. The molecule has 0 saturated heterocycles. The lowest BCUT2D eigenvalue weighted by Gasteiger charge is -2.24. The molecule has 0 heterocycles. The lowest BCUT2D eigenvalue weighted by Crippen LogP contribution is -2.40. The van der Waals surface area contributed by atoms with Crippen LogP contribution in [0.25, 0.3) is 11.1 Å². The van der Waals surface area contributed by atoms with Crippen LogP contribution in [0, 0.1) is 0 Å². The number of amides is 2. The van der Waals surface area contributed by atoms with Crippen molar-refractivity contribution in [3.05, 3.63) is 78.4 Å². The summed E-state index contributed by atoms with van der Waals surface area (Å²) >= 11 is 0. The van der Waals surface area contributed by atoms with Gasteiger partial charge in [-0.3, -0.25) is 5.43 Å². The minimum atomic E-state index is -3.88. The summed E-state index contributed by atoms with van der Waals surface area (Å²) in [5, 5.41) is 21.4. The molecule has 3 aromatic carbocycles. The number of nitrogens with zero attached hydrogens (tertiary/aromatic N) is 2.